The summed E-state index contributed by atoms with van der Waals surface area (Å²) in [4.78, 5) is 57.4. The molecular formula is C94H130N6O10. The van der Waals surface area contributed by atoms with Gasteiger partial charge in [0, 0.05) is 60.7 Å². The predicted octanol–water partition coefficient (Wildman–Crippen LogP) is 18.3. The number of hydrogen-bond acceptors (Lipinski definition) is 12. The Morgan fingerprint density at radius 2 is 0.382 bits per heavy atom. The molecule has 0 aliphatic heterocycles. The number of carbonyl (C=O) groups excluding carboxylic acids is 4. The van der Waals surface area contributed by atoms with Crippen LogP contribution in [0, 0.1) is 22.7 Å². The van der Waals surface area contributed by atoms with Gasteiger partial charge in [-0.3, -0.25) is 19.2 Å². The van der Waals surface area contributed by atoms with E-state index in [0.29, 0.717) is 34.5 Å². The number of fused-ring (bicyclic) bond motifs is 12. The van der Waals surface area contributed by atoms with Crippen molar-refractivity contribution in [2.75, 3.05) is 39.6 Å². The SMILES string of the molecule is CC(C)(C)NC(=O)COc1c2cc(C(C)(C)C)cc1Cc1cc(C(C)(C)C)cc(c1OCC(=O)NC(C)(C)C)Cc1cc(C(C)(C)C)cc(c1OCC#N)Cc1cc(C(C)(C)C)cc(c1OCC(=O)NC(C)(C)C)Cc1cc(C(C)(C)C)cc(c1OCC(=O)NC(C)(C)C)Cc1cc(C(C)(C)C)cc(c1OCC#N)C2. The number of rotatable bonds is 16. The molecule has 0 heterocycles. The standard InChI is InChI=1S/C94H130N6O10/c1-85(2,3)69-41-57-35-61-45-71(87(7,8)9)49-65(81(61)107-53-75(101)97-91(19,20)21)39-67-51-73(89(13,14)15)47-63(83(67)109-55-77(103)99-93(25,26)27)37-59-43-70(86(4,5)6)44-60(80(59)106-34-32-96)38-64-48-74(90(16,17)18)52-68(84(64)110-56-78(104)100-94(28,29)30)40-66-50-72(88(10,11)12)46-62(36-58(42-69)79(57)105-33-31-95)82(66)108-54-76(102)98-92(22,23)24/h41-52H,33-40,53-56H2,1-30H3,(H,97,101)(H,98,102)(H,99,103)(H,100,104). The molecule has 12 bridgehead atoms. The molecule has 1 aliphatic rings. The van der Waals surface area contributed by atoms with E-state index in [0.717, 1.165) is 100 Å². The van der Waals surface area contributed by atoms with Gasteiger partial charge in [0.15, 0.2) is 39.6 Å². The Morgan fingerprint density at radius 3 is 0.491 bits per heavy atom. The van der Waals surface area contributed by atoms with E-state index in [2.05, 4.69) is 231 Å². The van der Waals surface area contributed by atoms with Crippen molar-refractivity contribution < 1.29 is 47.6 Å². The molecule has 0 atom stereocenters. The summed E-state index contributed by atoms with van der Waals surface area (Å²) in [6, 6.07) is 30.6. The van der Waals surface area contributed by atoms with Crippen LogP contribution < -0.4 is 49.7 Å². The van der Waals surface area contributed by atoms with Gasteiger partial charge in [-0.25, -0.2) is 0 Å². The lowest BCUT2D eigenvalue weighted by molar-refractivity contribution is -0.125. The number of benzene rings is 6. The van der Waals surface area contributed by atoms with Crippen LogP contribution >= 0.6 is 0 Å². The largest absolute Gasteiger partial charge is 0.483 e. The van der Waals surface area contributed by atoms with Gasteiger partial charge in [0.1, 0.15) is 46.6 Å². The number of nitrogens with zero attached hydrogens (tertiary/aromatic N) is 2. The minimum Gasteiger partial charge on any atom is -0.483 e. The van der Waals surface area contributed by atoms with E-state index in [4.69, 9.17) is 28.4 Å². The van der Waals surface area contributed by atoms with Gasteiger partial charge in [0.05, 0.1) is 0 Å². The topological polar surface area (TPSA) is 219 Å². The van der Waals surface area contributed by atoms with Crippen LogP contribution in [0.4, 0.5) is 0 Å². The molecule has 4 amide bonds. The Labute approximate surface area is 659 Å². The maximum atomic E-state index is 14.4. The first-order valence-corrected chi connectivity index (χ1v) is 39.0. The lowest BCUT2D eigenvalue weighted by Crippen LogP contribution is -2.43. The molecule has 6 aromatic rings. The summed E-state index contributed by atoms with van der Waals surface area (Å²) in [5.74, 6) is 1.60. The normalized spacial score (nSPS) is 13.5. The van der Waals surface area contributed by atoms with Gasteiger partial charge in [-0.2, -0.15) is 10.5 Å². The van der Waals surface area contributed by atoms with E-state index < -0.39 is 54.6 Å². The Morgan fingerprint density at radius 1 is 0.255 bits per heavy atom. The second-order valence-electron chi connectivity index (χ2n) is 40.5. The zero-order valence-corrected chi connectivity index (χ0v) is 72.4. The third-order valence-electron chi connectivity index (χ3n) is 18.9. The van der Waals surface area contributed by atoms with E-state index in [9.17, 15) is 29.7 Å². The van der Waals surface area contributed by atoms with Crippen molar-refractivity contribution in [3.8, 4) is 46.6 Å². The summed E-state index contributed by atoms with van der Waals surface area (Å²) in [5.41, 5.74) is 9.93. The average molecular weight is 1500 g/mol. The Kier molecular flexibility index (Phi) is 26.9. The molecule has 0 radical (unpaired) electrons. The lowest BCUT2D eigenvalue weighted by Gasteiger charge is -2.29. The van der Waals surface area contributed by atoms with Crippen LogP contribution in [0.3, 0.4) is 0 Å². The second-order valence-corrected chi connectivity index (χ2v) is 40.5. The van der Waals surface area contributed by atoms with Gasteiger partial charge in [0.25, 0.3) is 23.6 Å². The van der Waals surface area contributed by atoms with Crippen LogP contribution in [0.1, 0.15) is 308 Å². The van der Waals surface area contributed by atoms with E-state index >= 15 is 0 Å². The van der Waals surface area contributed by atoms with Gasteiger partial charge in [0.2, 0.25) is 0 Å². The highest BCUT2D eigenvalue weighted by molar-refractivity contribution is 5.80. The van der Waals surface area contributed by atoms with Gasteiger partial charge in [-0.15, -0.1) is 0 Å². The van der Waals surface area contributed by atoms with Crippen LogP contribution in [0.15, 0.2) is 72.8 Å². The predicted molar refractivity (Wildman–Crippen MR) is 443 cm³/mol. The fourth-order valence-corrected chi connectivity index (χ4v) is 13.6. The first kappa shape index (κ1) is 88.2. The van der Waals surface area contributed by atoms with Gasteiger partial charge in [-0.05, 0) is 216 Å². The van der Waals surface area contributed by atoms with Gasteiger partial charge >= 0.3 is 0 Å². The van der Waals surface area contributed by atoms with Gasteiger partial charge in [-0.1, -0.05) is 197 Å². The monoisotopic (exact) mass is 1500 g/mol. The molecule has 1 aliphatic carbocycles. The first-order valence-electron chi connectivity index (χ1n) is 39.0. The fourth-order valence-electron chi connectivity index (χ4n) is 13.6. The summed E-state index contributed by atoms with van der Waals surface area (Å²) in [6.07, 6.45) is 1.22. The van der Waals surface area contributed by atoms with Crippen molar-refractivity contribution in [2.24, 2.45) is 0 Å². The maximum absolute atomic E-state index is 14.4. The first-order chi connectivity index (χ1) is 50.3. The van der Waals surface area contributed by atoms with E-state index in [1.54, 1.807) is 0 Å². The number of ether oxygens (including phenoxy) is 6. The molecule has 16 heteroatoms. The molecule has 0 saturated heterocycles. The maximum Gasteiger partial charge on any atom is 0.258 e. The average Bonchev–Trinajstić information content (AvgIpc) is 0.767. The lowest BCUT2D eigenvalue weighted by atomic mass is 9.79. The minimum atomic E-state index is -0.586. The molecule has 0 unspecified atom stereocenters. The number of hydrogen-bond donors (Lipinski definition) is 4. The second kappa shape index (κ2) is 33.5. The van der Waals surface area contributed by atoms with E-state index in [-0.39, 0.29) is 102 Å². The number of nitriles is 2. The molecule has 16 nitrogen and oxygen atoms in total. The van der Waals surface area contributed by atoms with Crippen molar-refractivity contribution in [1.29, 1.82) is 10.5 Å². The number of nitrogens with one attached hydrogen (secondary N) is 4. The summed E-state index contributed by atoms with van der Waals surface area (Å²) in [5, 5.41) is 33.8. The zero-order valence-electron chi connectivity index (χ0n) is 72.4. The highest BCUT2D eigenvalue weighted by atomic mass is 16.5. The molecular weight excluding hydrogens is 1370 g/mol. The van der Waals surface area contributed by atoms with Crippen LogP contribution in [0.2, 0.25) is 0 Å². The fraction of sp³-hybridized carbons (Fsp3) is 0.553. The minimum absolute atomic E-state index is 0.197. The Balaban J connectivity index is 1.80. The van der Waals surface area contributed by atoms with Crippen LogP contribution in [-0.4, -0.2) is 85.4 Å². The molecule has 4 N–H and O–H groups in total. The van der Waals surface area contributed by atoms with Crippen molar-refractivity contribution in [3.63, 3.8) is 0 Å². The Bertz CT molecular complexity index is 3940. The van der Waals surface area contributed by atoms with Crippen LogP contribution in [0.5, 0.6) is 34.5 Å². The highest BCUT2D eigenvalue weighted by Gasteiger charge is 2.34. The molecule has 0 saturated carbocycles. The summed E-state index contributed by atoms with van der Waals surface area (Å²) >= 11 is 0. The van der Waals surface area contributed by atoms with Crippen molar-refractivity contribution in [2.45, 2.75) is 301 Å². The molecule has 6 aromatic carbocycles. The smallest absolute Gasteiger partial charge is 0.258 e. The van der Waals surface area contributed by atoms with Crippen LogP contribution in [-0.2, 0) is 90.2 Å². The van der Waals surface area contributed by atoms with Gasteiger partial charge < -0.3 is 49.7 Å². The molecule has 596 valence electrons. The zero-order chi connectivity index (χ0) is 82.6. The molecule has 0 spiro atoms. The van der Waals surface area contributed by atoms with Crippen LogP contribution in [0.25, 0.3) is 0 Å². The summed E-state index contributed by atoms with van der Waals surface area (Å²) in [6.45, 7) is 60.4. The third-order valence-corrected chi connectivity index (χ3v) is 18.9. The summed E-state index contributed by atoms with van der Waals surface area (Å²) in [7, 11) is 0. The molecule has 110 heavy (non-hydrogen) atoms. The number of amides is 4. The number of carbonyl (C=O) groups is 4. The highest BCUT2D eigenvalue weighted by Crippen LogP contribution is 2.47. The molecule has 0 fully saturated rings. The van der Waals surface area contributed by atoms with Crippen molar-refractivity contribution in [1.82, 2.24) is 21.3 Å². The van der Waals surface area contributed by atoms with Crippen molar-refractivity contribution in [3.05, 3.63) is 173 Å². The summed E-state index contributed by atoms with van der Waals surface area (Å²) < 4.78 is 42.2. The third kappa shape index (κ3) is 25.0. The molecule has 0 aromatic heterocycles. The van der Waals surface area contributed by atoms with E-state index in [1.807, 2.05) is 83.1 Å². The quantitative estimate of drug-likeness (QED) is 0.0710. The molecule has 7 rings (SSSR count). The van der Waals surface area contributed by atoms with Crippen molar-refractivity contribution >= 4 is 23.6 Å². The van der Waals surface area contributed by atoms with E-state index in [1.165, 1.54) is 0 Å². The Hall–Kier alpha value is -9.02.